The van der Waals surface area contributed by atoms with Crippen LogP contribution in [-0.2, 0) is 4.79 Å². The van der Waals surface area contributed by atoms with Gasteiger partial charge in [0.1, 0.15) is 6.04 Å². The van der Waals surface area contributed by atoms with Crippen molar-refractivity contribution in [1.29, 1.82) is 0 Å². The van der Waals surface area contributed by atoms with Crippen molar-refractivity contribution < 1.29 is 15.0 Å². The number of β-amino-alcohol motifs (C(OH)–C–C–N with tert-alkyl or cyclic N) is 1. The van der Waals surface area contributed by atoms with E-state index in [0.29, 0.717) is 13.0 Å². The molecule has 0 radical (unpaired) electrons. The van der Waals surface area contributed by atoms with Gasteiger partial charge in [-0.3, -0.25) is 4.79 Å². The van der Waals surface area contributed by atoms with E-state index >= 15 is 0 Å². The van der Waals surface area contributed by atoms with Crippen LogP contribution in [0.25, 0.3) is 0 Å². The molecule has 2 atom stereocenters. The van der Waals surface area contributed by atoms with Crippen LogP contribution in [0.1, 0.15) is 6.42 Å². The first-order valence-electron chi connectivity index (χ1n) is 2.84. The summed E-state index contributed by atoms with van der Waals surface area (Å²) in [7, 11) is 0. The molecule has 52 valence electrons. The number of hydrogen-bond donors (Lipinski definition) is 3. The highest BCUT2D eigenvalue weighted by molar-refractivity contribution is 5.73. The summed E-state index contributed by atoms with van der Waals surface area (Å²) in [6.45, 7) is 0.400. The number of hydrogen-bond acceptors (Lipinski definition) is 3. The Balaban J connectivity index is 2.39. The summed E-state index contributed by atoms with van der Waals surface area (Å²) >= 11 is 0. The molecule has 0 aliphatic carbocycles. The molecule has 0 aromatic heterocycles. The summed E-state index contributed by atoms with van der Waals surface area (Å²) in [5.41, 5.74) is 0. The minimum absolute atomic E-state index is 0.329. The van der Waals surface area contributed by atoms with E-state index in [9.17, 15) is 4.79 Å². The van der Waals surface area contributed by atoms with Gasteiger partial charge < -0.3 is 15.5 Å². The Labute approximate surface area is 52.5 Å². The number of aliphatic hydroxyl groups excluding tert-OH is 1. The molecule has 0 aromatic rings. The summed E-state index contributed by atoms with van der Waals surface area (Å²) < 4.78 is 0. The smallest absolute Gasteiger partial charge is 0.320 e. The second-order valence-corrected chi connectivity index (χ2v) is 2.19. The Kier molecular flexibility index (Phi) is 1.68. The molecular weight excluding hydrogens is 124 g/mol. The minimum Gasteiger partial charge on any atom is -0.480 e. The number of carbonyl (C=O) groups is 1. The molecule has 1 heterocycles. The predicted molar refractivity (Wildman–Crippen MR) is 30.1 cm³/mol. The number of carboxylic acid groups (broad SMARTS) is 1. The zero-order chi connectivity index (χ0) is 6.85. The molecule has 1 rings (SSSR count). The third kappa shape index (κ3) is 1.40. The molecule has 0 aromatic carbocycles. The lowest BCUT2D eigenvalue weighted by Gasteiger charge is -1.99. The minimum atomic E-state index is -0.883. The lowest BCUT2D eigenvalue weighted by atomic mass is 10.2. The van der Waals surface area contributed by atoms with E-state index in [1.165, 1.54) is 0 Å². The average Bonchev–Trinajstić information content (AvgIpc) is 2.14. The van der Waals surface area contributed by atoms with Crippen molar-refractivity contribution in [3.8, 4) is 0 Å². The molecular formula is C5H9NO3. The van der Waals surface area contributed by atoms with E-state index in [1.54, 1.807) is 0 Å². The Morgan fingerprint density at radius 1 is 1.78 bits per heavy atom. The van der Waals surface area contributed by atoms with Gasteiger partial charge in [-0.05, 0) is 0 Å². The van der Waals surface area contributed by atoms with E-state index in [1.807, 2.05) is 0 Å². The summed E-state index contributed by atoms with van der Waals surface area (Å²) in [5.74, 6) is -0.883. The molecule has 1 aliphatic heterocycles. The normalized spacial score (nSPS) is 34.8. The van der Waals surface area contributed by atoms with Crippen LogP contribution in [0.15, 0.2) is 0 Å². The highest BCUT2D eigenvalue weighted by Crippen LogP contribution is 2.05. The zero-order valence-electron chi connectivity index (χ0n) is 4.87. The number of nitrogens with one attached hydrogen (secondary N) is 1. The van der Waals surface area contributed by atoms with Crippen LogP contribution < -0.4 is 5.32 Å². The second kappa shape index (κ2) is 2.33. The van der Waals surface area contributed by atoms with Crippen molar-refractivity contribution in [3.05, 3.63) is 0 Å². The first-order chi connectivity index (χ1) is 4.20. The Hall–Kier alpha value is -0.610. The second-order valence-electron chi connectivity index (χ2n) is 2.19. The molecule has 1 aliphatic rings. The largest absolute Gasteiger partial charge is 0.480 e. The molecule has 0 amide bonds. The van der Waals surface area contributed by atoms with Crippen molar-refractivity contribution in [2.75, 3.05) is 6.54 Å². The van der Waals surface area contributed by atoms with Crippen molar-refractivity contribution in [2.45, 2.75) is 18.6 Å². The van der Waals surface area contributed by atoms with Crippen molar-refractivity contribution in [1.82, 2.24) is 5.32 Å². The molecule has 1 saturated heterocycles. The molecule has 9 heavy (non-hydrogen) atoms. The van der Waals surface area contributed by atoms with Crippen LogP contribution in [0.2, 0.25) is 0 Å². The summed E-state index contributed by atoms with van der Waals surface area (Å²) in [5, 5.41) is 19.8. The molecule has 3 N–H and O–H groups in total. The summed E-state index contributed by atoms with van der Waals surface area (Å²) in [4.78, 5) is 10.2. The summed E-state index contributed by atoms with van der Waals surface area (Å²) in [6, 6.07) is -0.542. The standard InChI is InChI=1S/C5H9NO3/c7-3-1-4(5(8)9)6-2-3/h3-4,6-7H,1-2H2,(H,8,9)/t3?,4-/m0/s1/i7+2. The SMILES string of the molecule is O=C(O)[C@@H]1CC([18OH])CN1. The fraction of sp³-hybridized carbons (Fsp3) is 0.800. The van der Waals surface area contributed by atoms with Crippen LogP contribution in [0.5, 0.6) is 0 Å². The van der Waals surface area contributed by atoms with Crippen LogP contribution in [-0.4, -0.2) is 34.9 Å². The maximum atomic E-state index is 10.2. The number of aliphatic carboxylic acids is 1. The van der Waals surface area contributed by atoms with E-state index in [-0.39, 0.29) is 0 Å². The predicted octanol–water partition coefficient (Wildman–Crippen LogP) is -1.21. The van der Waals surface area contributed by atoms with Gasteiger partial charge in [0.2, 0.25) is 0 Å². The van der Waals surface area contributed by atoms with Crippen LogP contribution in [0.4, 0.5) is 0 Å². The lowest BCUT2D eigenvalue weighted by Crippen LogP contribution is -2.29. The highest BCUT2D eigenvalue weighted by atomic mass is 18.2. The van der Waals surface area contributed by atoms with E-state index in [2.05, 4.69) is 5.32 Å². The van der Waals surface area contributed by atoms with Gasteiger partial charge in [-0.25, -0.2) is 0 Å². The fourth-order valence-corrected chi connectivity index (χ4v) is 0.905. The monoisotopic (exact) mass is 133 g/mol. The topological polar surface area (TPSA) is 69.6 Å². The van der Waals surface area contributed by atoms with Gasteiger partial charge in [0.25, 0.3) is 0 Å². The Morgan fingerprint density at radius 2 is 2.44 bits per heavy atom. The van der Waals surface area contributed by atoms with Crippen LogP contribution in [0, 0.1) is 0 Å². The van der Waals surface area contributed by atoms with Gasteiger partial charge in [0, 0.05) is 13.0 Å². The van der Waals surface area contributed by atoms with Gasteiger partial charge in [-0.1, -0.05) is 0 Å². The van der Waals surface area contributed by atoms with E-state index < -0.39 is 18.1 Å². The van der Waals surface area contributed by atoms with E-state index in [0.717, 1.165) is 0 Å². The van der Waals surface area contributed by atoms with Gasteiger partial charge in [-0.2, -0.15) is 0 Å². The van der Waals surface area contributed by atoms with Crippen molar-refractivity contribution in [2.24, 2.45) is 0 Å². The highest BCUT2D eigenvalue weighted by Gasteiger charge is 2.27. The maximum Gasteiger partial charge on any atom is 0.320 e. The zero-order valence-corrected chi connectivity index (χ0v) is 4.87. The molecule has 0 spiro atoms. The van der Waals surface area contributed by atoms with Gasteiger partial charge in [-0.15, -0.1) is 0 Å². The Bertz CT molecular complexity index is 125. The first-order valence-corrected chi connectivity index (χ1v) is 2.84. The van der Waals surface area contributed by atoms with Gasteiger partial charge >= 0.3 is 5.97 Å². The quantitative estimate of drug-likeness (QED) is 0.393. The van der Waals surface area contributed by atoms with Gasteiger partial charge in [0.15, 0.2) is 0 Å². The number of rotatable bonds is 1. The summed E-state index contributed by atoms with van der Waals surface area (Å²) in [6.07, 6.45) is -0.152. The lowest BCUT2D eigenvalue weighted by molar-refractivity contribution is -0.139. The number of aliphatic hydroxyl groups is 1. The fourth-order valence-electron chi connectivity index (χ4n) is 0.905. The third-order valence-corrected chi connectivity index (χ3v) is 1.41. The van der Waals surface area contributed by atoms with Crippen LogP contribution in [0.3, 0.4) is 0 Å². The Morgan fingerprint density at radius 3 is 2.67 bits per heavy atom. The molecule has 4 nitrogen and oxygen atoms in total. The van der Waals surface area contributed by atoms with E-state index in [4.69, 9.17) is 10.2 Å². The average molecular weight is 133 g/mol. The third-order valence-electron chi connectivity index (χ3n) is 1.41. The molecule has 1 unspecified atom stereocenters. The van der Waals surface area contributed by atoms with Crippen LogP contribution >= 0.6 is 0 Å². The van der Waals surface area contributed by atoms with Gasteiger partial charge in [0.05, 0.1) is 6.10 Å². The number of carboxylic acids is 1. The first kappa shape index (κ1) is 6.51. The van der Waals surface area contributed by atoms with Crippen molar-refractivity contribution >= 4 is 5.97 Å². The van der Waals surface area contributed by atoms with Crippen molar-refractivity contribution in [3.63, 3.8) is 0 Å². The molecule has 0 bridgehead atoms. The molecule has 1 fully saturated rings. The molecule has 4 heteroatoms. The maximum absolute atomic E-state index is 10.2. The molecule has 0 saturated carbocycles.